The Hall–Kier alpha value is -1.91. The lowest BCUT2D eigenvalue weighted by Gasteiger charge is -2.33. The van der Waals surface area contributed by atoms with E-state index in [1.807, 2.05) is 13.1 Å². The summed E-state index contributed by atoms with van der Waals surface area (Å²) in [6, 6.07) is 2.06. The van der Waals surface area contributed by atoms with E-state index < -0.39 is 0 Å². The van der Waals surface area contributed by atoms with Crippen molar-refractivity contribution >= 4 is 5.82 Å². The van der Waals surface area contributed by atoms with Crippen molar-refractivity contribution in [3.63, 3.8) is 0 Å². The minimum atomic E-state index is 0.520. The molecule has 100 valence electrons. The first-order valence-electron chi connectivity index (χ1n) is 6.77. The van der Waals surface area contributed by atoms with E-state index in [1.54, 1.807) is 6.33 Å². The molecule has 19 heavy (non-hydrogen) atoms. The van der Waals surface area contributed by atoms with Crippen LogP contribution >= 0.6 is 0 Å². The Balaban J connectivity index is 1.80. The van der Waals surface area contributed by atoms with Crippen molar-refractivity contribution in [2.45, 2.75) is 32.6 Å². The van der Waals surface area contributed by atoms with Crippen LogP contribution in [0.1, 0.15) is 35.7 Å². The highest BCUT2D eigenvalue weighted by molar-refractivity contribution is 5.40. The number of piperidine rings is 1. The van der Waals surface area contributed by atoms with Crippen molar-refractivity contribution < 1.29 is 0 Å². The van der Waals surface area contributed by atoms with Gasteiger partial charge >= 0.3 is 0 Å². The van der Waals surface area contributed by atoms with Crippen LogP contribution in [0.4, 0.5) is 5.82 Å². The van der Waals surface area contributed by atoms with Gasteiger partial charge in [-0.25, -0.2) is 9.97 Å². The molecule has 3 rings (SSSR count). The summed E-state index contributed by atoms with van der Waals surface area (Å²) >= 11 is 0. The standard InChI is InChI=1S/C14H19N5/c1-10-7-17-18-14(10)12-4-3-5-19(8-12)13-6-11(2)15-9-16-13/h6-7,9,12H,3-5,8H2,1-2H3,(H,17,18). The summed E-state index contributed by atoms with van der Waals surface area (Å²) in [5.74, 6) is 1.56. The van der Waals surface area contributed by atoms with Crippen LogP contribution in [0.3, 0.4) is 0 Å². The maximum absolute atomic E-state index is 4.39. The van der Waals surface area contributed by atoms with Crippen LogP contribution in [-0.2, 0) is 0 Å². The summed E-state index contributed by atoms with van der Waals surface area (Å²) in [6.45, 7) is 6.19. The molecule has 0 spiro atoms. The zero-order chi connectivity index (χ0) is 13.2. The van der Waals surface area contributed by atoms with E-state index in [2.05, 4.69) is 38.1 Å². The summed E-state index contributed by atoms with van der Waals surface area (Å²) in [6.07, 6.45) is 5.95. The van der Waals surface area contributed by atoms with Gasteiger partial charge in [-0.05, 0) is 32.3 Å². The monoisotopic (exact) mass is 257 g/mol. The van der Waals surface area contributed by atoms with Crippen molar-refractivity contribution in [3.05, 3.63) is 35.5 Å². The Morgan fingerprint density at radius 2 is 2.21 bits per heavy atom. The quantitative estimate of drug-likeness (QED) is 0.896. The van der Waals surface area contributed by atoms with E-state index in [4.69, 9.17) is 0 Å². The Labute approximate surface area is 113 Å². The van der Waals surface area contributed by atoms with Gasteiger partial charge in [0.2, 0.25) is 0 Å². The molecule has 0 saturated carbocycles. The van der Waals surface area contributed by atoms with Gasteiger partial charge < -0.3 is 4.90 Å². The Morgan fingerprint density at radius 1 is 1.32 bits per heavy atom. The van der Waals surface area contributed by atoms with Crippen LogP contribution in [0.25, 0.3) is 0 Å². The second-order valence-electron chi connectivity index (χ2n) is 5.27. The van der Waals surface area contributed by atoms with E-state index in [1.165, 1.54) is 24.1 Å². The van der Waals surface area contributed by atoms with Gasteiger partial charge in [0.1, 0.15) is 12.1 Å². The van der Waals surface area contributed by atoms with Gasteiger partial charge in [0.05, 0.1) is 6.20 Å². The van der Waals surface area contributed by atoms with Gasteiger partial charge in [-0.3, -0.25) is 5.10 Å². The number of aromatic nitrogens is 4. The molecule has 1 aliphatic heterocycles. The summed E-state index contributed by atoms with van der Waals surface area (Å²) in [5, 5.41) is 7.29. The van der Waals surface area contributed by atoms with E-state index in [0.29, 0.717) is 5.92 Å². The number of aromatic amines is 1. The highest BCUT2D eigenvalue weighted by atomic mass is 15.2. The van der Waals surface area contributed by atoms with Crippen LogP contribution in [0.2, 0.25) is 0 Å². The fraction of sp³-hybridized carbons (Fsp3) is 0.500. The molecule has 1 fully saturated rings. The maximum atomic E-state index is 4.39. The first kappa shape index (κ1) is 12.1. The first-order valence-corrected chi connectivity index (χ1v) is 6.77. The number of anilines is 1. The van der Waals surface area contributed by atoms with Gasteiger partial charge in [0.15, 0.2) is 0 Å². The second kappa shape index (κ2) is 4.99. The topological polar surface area (TPSA) is 57.7 Å². The third-order valence-electron chi connectivity index (χ3n) is 3.81. The molecule has 2 aromatic rings. The van der Waals surface area contributed by atoms with Crippen molar-refractivity contribution in [1.82, 2.24) is 20.2 Å². The fourth-order valence-electron chi connectivity index (χ4n) is 2.80. The number of nitrogens with one attached hydrogen (secondary N) is 1. The van der Waals surface area contributed by atoms with Crippen LogP contribution < -0.4 is 4.90 Å². The van der Waals surface area contributed by atoms with E-state index >= 15 is 0 Å². The predicted molar refractivity (Wildman–Crippen MR) is 74.3 cm³/mol. The summed E-state index contributed by atoms with van der Waals surface area (Å²) in [5.41, 5.74) is 3.55. The maximum Gasteiger partial charge on any atom is 0.132 e. The van der Waals surface area contributed by atoms with Gasteiger partial charge in [0, 0.05) is 36.5 Å². The number of H-pyrrole nitrogens is 1. The van der Waals surface area contributed by atoms with Gasteiger partial charge in [0.25, 0.3) is 0 Å². The average molecular weight is 257 g/mol. The van der Waals surface area contributed by atoms with Crippen LogP contribution in [-0.4, -0.2) is 33.3 Å². The fourth-order valence-corrected chi connectivity index (χ4v) is 2.80. The third kappa shape index (κ3) is 2.45. The number of aryl methyl sites for hydroxylation is 2. The molecule has 2 aromatic heterocycles. The highest BCUT2D eigenvalue weighted by Gasteiger charge is 2.24. The average Bonchev–Trinajstić information content (AvgIpc) is 2.85. The van der Waals surface area contributed by atoms with Gasteiger partial charge in [-0.2, -0.15) is 5.10 Å². The molecular formula is C14H19N5. The van der Waals surface area contributed by atoms with Crippen LogP contribution in [0.5, 0.6) is 0 Å². The number of hydrogen-bond donors (Lipinski definition) is 1. The molecular weight excluding hydrogens is 238 g/mol. The lowest BCUT2D eigenvalue weighted by molar-refractivity contribution is 0.496. The number of rotatable bonds is 2. The van der Waals surface area contributed by atoms with Crippen molar-refractivity contribution in [2.24, 2.45) is 0 Å². The zero-order valence-electron chi connectivity index (χ0n) is 11.4. The molecule has 5 nitrogen and oxygen atoms in total. The molecule has 0 aliphatic carbocycles. The van der Waals surface area contributed by atoms with E-state index in [9.17, 15) is 0 Å². The number of hydrogen-bond acceptors (Lipinski definition) is 4. The second-order valence-corrected chi connectivity index (χ2v) is 5.27. The van der Waals surface area contributed by atoms with E-state index in [0.717, 1.165) is 24.6 Å². The van der Waals surface area contributed by atoms with Crippen LogP contribution in [0, 0.1) is 13.8 Å². The summed E-state index contributed by atoms with van der Waals surface area (Å²) < 4.78 is 0. The Kier molecular flexibility index (Phi) is 3.19. The minimum Gasteiger partial charge on any atom is -0.356 e. The van der Waals surface area contributed by atoms with Crippen LogP contribution in [0.15, 0.2) is 18.6 Å². The largest absolute Gasteiger partial charge is 0.356 e. The molecule has 0 radical (unpaired) electrons. The molecule has 5 heteroatoms. The minimum absolute atomic E-state index is 0.520. The first-order chi connectivity index (χ1) is 9.24. The zero-order valence-corrected chi connectivity index (χ0v) is 11.4. The molecule has 1 atom stereocenters. The van der Waals surface area contributed by atoms with Crippen molar-refractivity contribution in [2.75, 3.05) is 18.0 Å². The predicted octanol–water partition coefficient (Wildman–Crippen LogP) is 2.20. The SMILES string of the molecule is Cc1cc(N2CCCC(c3[nH]ncc3C)C2)ncn1. The van der Waals surface area contributed by atoms with Gasteiger partial charge in [-0.1, -0.05) is 0 Å². The Morgan fingerprint density at radius 3 is 2.95 bits per heavy atom. The van der Waals surface area contributed by atoms with Crippen molar-refractivity contribution in [3.8, 4) is 0 Å². The molecule has 0 amide bonds. The van der Waals surface area contributed by atoms with E-state index in [-0.39, 0.29) is 0 Å². The highest BCUT2D eigenvalue weighted by Crippen LogP contribution is 2.29. The molecule has 0 aromatic carbocycles. The molecule has 1 saturated heterocycles. The molecule has 1 aliphatic rings. The normalized spacial score (nSPS) is 19.7. The van der Waals surface area contributed by atoms with Gasteiger partial charge in [-0.15, -0.1) is 0 Å². The molecule has 0 bridgehead atoms. The smallest absolute Gasteiger partial charge is 0.132 e. The lowest BCUT2D eigenvalue weighted by atomic mass is 9.93. The summed E-state index contributed by atoms with van der Waals surface area (Å²) in [4.78, 5) is 10.9. The van der Waals surface area contributed by atoms with Crippen molar-refractivity contribution in [1.29, 1.82) is 0 Å². The molecule has 1 unspecified atom stereocenters. The summed E-state index contributed by atoms with van der Waals surface area (Å²) in [7, 11) is 0. The molecule has 1 N–H and O–H groups in total. The molecule has 3 heterocycles. The third-order valence-corrected chi connectivity index (χ3v) is 3.81. The lowest BCUT2D eigenvalue weighted by Crippen LogP contribution is -2.35. The number of nitrogens with zero attached hydrogens (tertiary/aromatic N) is 4. The Bertz CT molecular complexity index is 562.